The minimum Gasteiger partial charge on any atom is -0.356 e. The predicted octanol–water partition coefficient (Wildman–Crippen LogP) is 3.28. The summed E-state index contributed by atoms with van der Waals surface area (Å²) in [7, 11) is 0. The molecule has 1 aromatic heterocycles. The third kappa shape index (κ3) is 7.11. The average Bonchev–Trinajstić information content (AvgIpc) is 2.81. The van der Waals surface area contributed by atoms with Crippen LogP contribution in [-0.2, 0) is 16.1 Å². The third-order valence-corrected chi connectivity index (χ3v) is 6.37. The number of carbonyl (C=O) groups is 2. The van der Waals surface area contributed by atoms with Crippen molar-refractivity contribution in [1.29, 1.82) is 0 Å². The molecule has 31 heavy (non-hydrogen) atoms. The van der Waals surface area contributed by atoms with E-state index in [2.05, 4.69) is 25.7 Å². The fourth-order valence-electron chi connectivity index (χ4n) is 3.38. The number of halogens is 1. The summed E-state index contributed by atoms with van der Waals surface area (Å²) in [6.45, 7) is 4.67. The first-order chi connectivity index (χ1) is 15.1. The second-order valence-corrected chi connectivity index (χ2v) is 8.87. The molecule has 1 saturated heterocycles. The molecule has 166 valence electrons. The number of aromatic nitrogens is 2. The molecule has 0 aliphatic carbocycles. The highest BCUT2D eigenvalue weighted by molar-refractivity contribution is 7.99. The van der Waals surface area contributed by atoms with Crippen molar-refractivity contribution in [3.8, 4) is 0 Å². The first kappa shape index (κ1) is 23.3. The van der Waals surface area contributed by atoms with Crippen LogP contribution in [0.25, 0.3) is 0 Å². The average molecular weight is 462 g/mol. The normalized spacial score (nSPS) is 16.1. The van der Waals surface area contributed by atoms with Gasteiger partial charge < -0.3 is 15.5 Å². The summed E-state index contributed by atoms with van der Waals surface area (Å²) in [5.41, 5.74) is 0.884. The molecule has 1 aliphatic rings. The number of hydrogen-bond acceptors (Lipinski definition) is 6. The van der Waals surface area contributed by atoms with Gasteiger partial charge in [-0.25, -0.2) is 0 Å². The topological polar surface area (TPSA) is 87.2 Å². The summed E-state index contributed by atoms with van der Waals surface area (Å²) in [6, 6.07) is 11.2. The number of amides is 2. The minimum absolute atomic E-state index is 0.0158. The Kier molecular flexibility index (Phi) is 8.97. The first-order valence-electron chi connectivity index (χ1n) is 10.6. The zero-order chi connectivity index (χ0) is 22.1. The highest BCUT2D eigenvalue weighted by atomic mass is 35.5. The van der Waals surface area contributed by atoms with Crippen LogP contribution < -0.4 is 15.5 Å². The molecule has 0 spiro atoms. The summed E-state index contributed by atoms with van der Waals surface area (Å²) in [5.74, 6) is 1.03. The van der Waals surface area contributed by atoms with Gasteiger partial charge in [-0.15, -0.1) is 10.2 Å². The summed E-state index contributed by atoms with van der Waals surface area (Å²) in [6.07, 6.45) is 2.79. The first-order valence-corrected chi connectivity index (χ1v) is 11.9. The predicted molar refractivity (Wildman–Crippen MR) is 124 cm³/mol. The number of thioether (sulfide) groups is 1. The minimum atomic E-state index is -0.0900. The van der Waals surface area contributed by atoms with Crippen LogP contribution in [0.5, 0.6) is 0 Å². The van der Waals surface area contributed by atoms with Gasteiger partial charge in [-0.3, -0.25) is 9.59 Å². The molecular formula is C22H28ClN5O2S. The van der Waals surface area contributed by atoms with Crippen molar-refractivity contribution in [2.75, 3.05) is 30.3 Å². The van der Waals surface area contributed by atoms with Gasteiger partial charge in [-0.1, -0.05) is 48.5 Å². The Labute approximate surface area is 192 Å². The monoisotopic (exact) mass is 461 g/mol. The molecule has 1 aromatic carbocycles. The highest BCUT2D eigenvalue weighted by Crippen LogP contribution is 2.23. The Morgan fingerprint density at radius 1 is 1.19 bits per heavy atom. The van der Waals surface area contributed by atoms with Gasteiger partial charge in [0.2, 0.25) is 11.8 Å². The van der Waals surface area contributed by atoms with Crippen LogP contribution in [0.1, 0.15) is 31.7 Å². The lowest BCUT2D eigenvalue weighted by molar-refractivity contribution is -0.125. The maximum absolute atomic E-state index is 12.3. The number of anilines is 1. The van der Waals surface area contributed by atoms with Crippen molar-refractivity contribution in [3.63, 3.8) is 0 Å². The molecule has 7 nitrogen and oxygen atoms in total. The number of piperidine rings is 1. The Balaban J connectivity index is 1.46. The second-order valence-electron chi connectivity index (χ2n) is 7.46. The van der Waals surface area contributed by atoms with Crippen molar-refractivity contribution in [2.24, 2.45) is 5.92 Å². The van der Waals surface area contributed by atoms with Gasteiger partial charge in [0.25, 0.3) is 0 Å². The van der Waals surface area contributed by atoms with Crippen LogP contribution in [-0.4, -0.2) is 47.4 Å². The third-order valence-electron chi connectivity index (χ3n) is 5.08. The van der Waals surface area contributed by atoms with E-state index in [9.17, 15) is 9.59 Å². The van der Waals surface area contributed by atoms with E-state index in [0.717, 1.165) is 37.2 Å². The smallest absolute Gasteiger partial charge is 0.230 e. The summed E-state index contributed by atoms with van der Waals surface area (Å²) in [5, 5.41) is 15.7. The lowest BCUT2D eigenvalue weighted by Crippen LogP contribution is -2.43. The zero-order valence-corrected chi connectivity index (χ0v) is 19.2. The lowest BCUT2D eigenvalue weighted by Gasteiger charge is -2.32. The fraction of sp³-hybridized carbons (Fsp3) is 0.455. The van der Waals surface area contributed by atoms with Gasteiger partial charge in [-0.05, 0) is 43.0 Å². The molecule has 2 amide bonds. The number of rotatable bonds is 9. The van der Waals surface area contributed by atoms with Gasteiger partial charge in [0.05, 0.1) is 11.7 Å². The number of nitrogens with one attached hydrogen (secondary N) is 2. The van der Waals surface area contributed by atoms with E-state index in [1.54, 1.807) is 6.07 Å². The highest BCUT2D eigenvalue weighted by Gasteiger charge is 2.26. The molecule has 2 aromatic rings. The summed E-state index contributed by atoms with van der Waals surface area (Å²) in [4.78, 5) is 26.5. The molecular weight excluding hydrogens is 434 g/mol. The van der Waals surface area contributed by atoms with Gasteiger partial charge in [0.15, 0.2) is 5.82 Å². The molecule has 1 fully saturated rings. The van der Waals surface area contributed by atoms with E-state index in [0.29, 0.717) is 29.7 Å². The Hall–Kier alpha value is -2.32. The van der Waals surface area contributed by atoms with Crippen LogP contribution in [0.2, 0.25) is 5.02 Å². The Morgan fingerprint density at radius 2 is 2.03 bits per heavy atom. The maximum Gasteiger partial charge on any atom is 0.230 e. The molecule has 0 bridgehead atoms. The van der Waals surface area contributed by atoms with Crippen LogP contribution in [0.4, 0.5) is 5.82 Å². The number of benzene rings is 1. The molecule has 9 heteroatoms. The van der Waals surface area contributed by atoms with Crippen LogP contribution >= 0.6 is 23.4 Å². The van der Waals surface area contributed by atoms with Gasteiger partial charge in [-0.2, -0.15) is 0 Å². The lowest BCUT2D eigenvalue weighted by atomic mass is 9.97. The molecule has 0 saturated carbocycles. The molecule has 0 radical (unpaired) electrons. The van der Waals surface area contributed by atoms with E-state index in [-0.39, 0.29) is 23.5 Å². The molecule has 1 atom stereocenters. The SMILES string of the molecule is CCCNC(=O)C1CCCN(c2ccc(SCC(=O)NCc3ccccc3Cl)nn2)C1. The van der Waals surface area contributed by atoms with Crippen molar-refractivity contribution in [1.82, 2.24) is 20.8 Å². The Bertz CT molecular complexity index is 880. The van der Waals surface area contributed by atoms with Crippen molar-refractivity contribution < 1.29 is 9.59 Å². The quantitative estimate of drug-likeness (QED) is 0.557. The van der Waals surface area contributed by atoms with Crippen molar-refractivity contribution in [2.45, 2.75) is 37.8 Å². The molecule has 3 rings (SSSR count). The molecule has 1 unspecified atom stereocenters. The van der Waals surface area contributed by atoms with E-state index in [1.165, 1.54) is 11.8 Å². The molecule has 1 aliphatic heterocycles. The van der Waals surface area contributed by atoms with Crippen molar-refractivity contribution in [3.05, 3.63) is 47.0 Å². The Morgan fingerprint density at radius 3 is 2.77 bits per heavy atom. The van der Waals surface area contributed by atoms with E-state index in [1.807, 2.05) is 37.3 Å². The number of hydrogen-bond donors (Lipinski definition) is 2. The van der Waals surface area contributed by atoms with Crippen LogP contribution in [0.3, 0.4) is 0 Å². The summed E-state index contributed by atoms with van der Waals surface area (Å²) < 4.78 is 0. The summed E-state index contributed by atoms with van der Waals surface area (Å²) >= 11 is 7.44. The largest absolute Gasteiger partial charge is 0.356 e. The number of nitrogens with zero attached hydrogens (tertiary/aromatic N) is 3. The standard InChI is InChI=1S/C22H28ClN5O2S/c1-2-11-24-22(30)17-7-5-12-28(14-17)19-9-10-21(27-26-19)31-15-20(29)25-13-16-6-3-4-8-18(16)23/h3-4,6,8-10,17H,2,5,7,11-15H2,1H3,(H,24,30)(H,25,29). The van der Waals surface area contributed by atoms with Crippen LogP contribution in [0.15, 0.2) is 41.4 Å². The van der Waals surface area contributed by atoms with E-state index in [4.69, 9.17) is 11.6 Å². The molecule has 2 N–H and O–H groups in total. The zero-order valence-electron chi connectivity index (χ0n) is 17.6. The maximum atomic E-state index is 12.3. The number of carbonyl (C=O) groups excluding carboxylic acids is 2. The van der Waals surface area contributed by atoms with E-state index >= 15 is 0 Å². The van der Waals surface area contributed by atoms with Crippen LogP contribution in [0, 0.1) is 5.92 Å². The second kappa shape index (κ2) is 11.9. The van der Waals surface area contributed by atoms with E-state index < -0.39 is 0 Å². The van der Waals surface area contributed by atoms with Gasteiger partial charge >= 0.3 is 0 Å². The van der Waals surface area contributed by atoms with Crippen molar-refractivity contribution >= 4 is 41.0 Å². The van der Waals surface area contributed by atoms with Gasteiger partial charge in [0.1, 0.15) is 5.03 Å². The molecule has 2 heterocycles. The fourth-order valence-corrected chi connectivity index (χ4v) is 4.22. The van der Waals surface area contributed by atoms with Gasteiger partial charge in [0, 0.05) is 31.2 Å².